The molecule has 11 rings (SSSR count). The lowest BCUT2D eigenvalue weighted by atomic mass is 9.90. The van der Waals surface area contributed by atoms with E-state index in [1.807, 2.05) is 12.1 Å². The first kappa shape index (κ1) is 32.0. The first-order valence-corrected chi connectivity index (χ1v) is 19.2. The average molecular weight is 714 g/mol. The normalized spacial score (nSPS) is 11.7. The van der Waals surface area contributed by atoms with Crippen LogP contribution < -0.4 is 9.64 Å². The smallest absolute Gasteiger partial charge is 0.135 e. The second kappa shape index (κ2) is 13.2. The summed E-state index contributed by atoms with van der Waals surface area (Å²) in [6.45, 7) is 0. The second-order valence-electron chi connectivity index (χ2n) is 14.5. The molecule has 2 nitrogen and oxygen atoms in total. The van der Waals surface area contributed by atoms with Crippen LogP contribution in [0.2, 0.25) is 0 Å². The van der Waals surface area contributed by atoms with Crippen LogP contribution in [0.4, 0.5) is 17.1 Å². The molecule has 1 aliphatic heterocycles. The highest BCUT2D eigenvalue weighted by molar-refractivity contribution is 6.10. The molecule has 0 spiro atoms. The van der Waals surface area contributed by atoms with Gasteiger partial charge in [-0.15, -0.1) is 0 Å². The van der Waals surface area contributed by atoms with Gasteiger partial charge in [-0.1, -0.05) is 170 Å². The third kappa shape index (κ3) is 5.34. The van der Waals surface area contributed by atoms with Crippen LogP contribution >= 0.6 is 0 Å². The number of para-hydroxylation sites is 1. The summed E-state index contributed by atoms with van der Waals surface area (Å²) < 4.78 is 6.43. The number of anilines is 3. The highest BCUT2D eigenvalue weighted by atomic mass is 16.5. The molecule has 0 aliphatic carbocycles. The molecule has 0 bridgehead atoms. The van der Waals surface area contributed by atoms with E-state index in [-0.39, 0.29) is 0 Å². The van der Waals surface area contributed by atoms with Crippen LogP contribution in [0.25, 0.3) is 76.8 Å². The third-order valence-electron chi connectivity index (χ3n) is 11.3. The molecular weight excluding hydrogens is 679 g/mol. The number of fused-ring (bicyclic) bond motifs is 4. The highest BCUT2D eigenvalue weighted by Crippen LogP contribution is 2.49. The van der Waals surface area contributed by atoms with Crippen LogP contribution in [0.5, 0.6) is 11.5 Å². The molecule has 2 heteroatoms. The van der Waals surface area contributed by atoms with E-state index >= 15 is 0 Å². The molecule has 0 N–H and O–H groups in total. The van der Waals surface area contributed by atoms with Gasteiger partial charge in [0.15, 0.2) is 0 Å². The predicted molar refractivity (Wildman–Crippen MR) is 235 cm³/mol. The van der Waals surface area contributed by atoms with Crippen LogP contribution in [-0.2, 0) is 0 Å². The molecule has 10 aromatic carbocycles. The Morgan fingerprint density at radius 1 is 0.304 bits per heavy atom. The Morgan fingerprint density at radius 3 is 1.71 bits per heavy atom. The zero-order valence-corrected chi connectivity index (χ0v) is 30.6. The molecule has 0 amide bonds. The van der Waals surface area contributed by atoms with Crippen molar-refractivity contribution in [1.82, 2.24) is 0 Å². The predicted octanol–water partition coefficient (Wildman–Crippen LogP) is 15.4. The summed E-state index contributed by atoms with van der Waals surface area (Å²) in [4.78, 5) is 2.39. The van der Waals surface area contributed by atoms with Crippen molar-refractivity contribution in [3.8, 4) is 56.0 Å². The van der Waals surface area contributed by atoms with Crippen LogP contribution in [0, 0.1) is 0 Å². The maximum absolute atomic E-state index is 6.43. The molecule has 10 aromatic rings. The van der Waals surface area contributed by atoms with Crippen molar-refractivity contribution in [3.05, 3.63) is 212 Å². The van der Waals surface area contributed by atoms with Gasteiger partial charge in [0, 0.05) is 27.7 Å². The van der Waals surface area contributed by atoms with Crippen LogP contribution in [0.1, 0.15) is 0 Å². The van der Waals surface area contributed by atoms with Gasteiger partial charge in [-0.25, -0.2) is 0 Å². The lowest BCUT2D eigenvalue weighted by Gasteiger charge is -2.28. The van der Waals surface area contributed by atoms with Crippen molar-refractivity contribution in [2.75, 3.05) is 4.90 Å². The largest absolute Gasteiger partial charge is 0.456 e. The van der Waals surface area contributed by atoms with E-state index in [9.17, 15) is 0 Å². The number of ether oxygens (including phenoxy) is 1. The van der Waals surface area contributed by atoms with E-state index in [1.54, 1.807) is 0 Å². The Morgan fingerprint density at radius 2 is 0.875 bits per heavy atom. The number of nitrogens with zero attached hydrogens (tertiary/aromatic N) is 1. The first-order chi connectivity index (χ1) is 27.8. The Kier molecular flexibility index (Phi) is 7.53. The Bertz CT molecular complexity index is 3100. The lowest BCUT2D eigenvalue weighted by molar-refractivity contribution is 0.487. The molecule has 0 saturated heterocycles. The quantitative estimate of drug-likeness (QED) is 0.170. The van der Waals surface area contributed by atoms with Crippen LogP contribution in [0.15, 0.2) is 212 Å². The summed E-state index contributed by atoms with van der Waals surface area (Å²) in [7, 11) is 0. The summed E-state index contributed by atoms with van der Waals surface area (Å²) >= 11 is 0. The number of hydrogen-bond acceptors (Lipinski definition) is 2. The summed E-state index contributed by atoms with van der Waals surface area (Å²) in [5.41, 5.74) is 12.8. The van der Waals surface area contributed by atoms with Gasteiger partial charge in [-0.2, -0.15) is 0 Å². The number of rotatable bonds is 6. The maximum atomic E-state index is 6.43. The fourth-order valence-electron chi connectivity index (χ4n) is 8.60. The van der Waals surface area contributed by atoms with E-state index in [4.69, 9.17) is 4.74 Å². The van der Waals surface area contributed by atoms with Gasteiger partial charge in [0.25, 0.3) is 0 Å². The van der Waals surface area contributed by atoms with Crippen molar-refractivity contribution >= 4 is 49.4 Å². The molecule has 1 heterocycles. The summed E-state index contributed by atoms with van der Waals surface area (Å²) in [6.07, 6.45) is 0. The number of benzene rings is 10. The van der Waals surface area contributed by atoms with E-state index in [0.717, 1.165) is 45.1 Å². The lowest BCUT2D eigenvalue weighted by Crippen LogP contribution is -2.10. The number of hydrogen-bond donors (Lipinski definition) is 0. The second-order valence-corrected chi connectivity index (χ2v) is 14.5. The van der Waals surface area contributed by atoms with Gasteiger partial charge in [-0.3, -0.25) is 0 Å². The molecular formula is C54H35NO. The summed E-state index contributed by atoms with van der Waals surface area (Å²) in [6, 6.07) is 76.5. The minimum atomic E-state index is 0.898. The van der Waals surface area contributed by atoms with E-state index < -0.39 is 0 Å². The van der Waals surface area contributed by atoms with E-state index in [2.05, 4.69) is 205 Å². The zero-order chi connectivity index (χ0) is 37.0. The van der Waals surface area contributed by atoms with Gasteiger partial charge in [0.1, 0.15) is 11.5 Å². The topological polar surface area (TPSA) is 12.5 Å². The molecule has 0 radical (unpaired) electrons. The van der Waals surface area contributed by atoms with Crippen molar-refractivity contribution in [2.45, 2.75) is 0 Å². The van der Waals surface area contributed by atoms with Gasteiger partial charge in [-0.05, 0) is 103 Å². The molecule has 0 fully saturated rings. The van der Waals surface area contributed by atoms with E-state index in [0.29, 0.717) is 0 Å². The Balaban J connectivity index is 1.00. The summed E-state index contributed by atoms with van der Waals surface area (Å²) in [5.74, 6) is 1.80. The molecule has 0 aromatic heterocycles. The summed E-state index contributed by atoms with van der Waals surface area (Å²) in [5, 5.41) is 7.27. The molecule has 262 valence electrons. The third-order valence-corrected chi connectivity index (χ3v) is 11.3. The molecule has 0 atom stereocenters. The van der Waals surface area contributed by atoms with E-state index in [1.165, 1.54) is 60.3 Å². The van der Waals surface area contributed by atoms with Gasteiger partial charge >= 0.3 is 0 Å². The van der Waals surface area contributed by atoms with Crippen molar-refractivity contribution in [2.24, 2.45) is 0 Å². The van der Waals surface area contributed by atoms with Crippen molar-refractivity contribution in [1.29, 1.82) is 0 Å². The minimum absolute atomic E-state index is 0.898. The Labute approximate surface area is 326 Å². The molecule has 0 unspecified atom stereocenters. The Hall–Kier alpha value is -7.42. The van der Waals surface area contributed by atoms with Crippen molar-refractivity contribution < 1.29 is 4.74 Å². The fraction of sp³-hybridized carbons (Fsp3) is 0. The molecule has 0 saturated carbocycles. The SMILES string of the molecule is c1cc(-c2ccc3c4c(cccc24)-c2ccccc2O3)cc(N(c2ccc(-c3ccc(-c4cccc5ccccc45)cc3)cc2)c2cccc3ccccc23)c1. The fourth-order valence-corrected chi connectivity index (χ4v) is 8.60. The maximum Gasteiger partial charge on any atom is 0.135 e. The average Bonchev–Trinajstić information content (AvgIpc) is 3.27. The van der Waals surface area contributed by atoms with Gasteiger partial charge in [0.2, 0.25) is 0 Å². The standard InChI is InChI=1S/C54H35NO/c1-3-17-44-38(11-1)13-8-20-45(44)40-27-25-36(26-28-40)37-29-31-42(32-30-37)55(51-23-9-14-39-12-2-4-18-47(39)51)43-16-7-15-41(35-43)46-33-34-53-54-49(46)21-10-22-50(54)48-19-5-6-24-52(48)56-53/h1-35H. The minimum Gasteiger partial charge on any atom is -0.456 e. The monoisotopic (exact) mass is 713 g/mol. The molecule has 56 heavy (non-hydrogen) atoms. The van der Waals surface area contributed by atoms with Gasteiger partial charge in [0.05, 0.1) is 5.69 Å². The van der Waals surface area contributed by atoms with Crippen LogP contribution in [0.3, 0.4) is 0 Å². The first-order valence-electron chi connectivity index (χ1n) is 19.2. The van der Waals surface area contributed by atoms with Crippen molar-refractivity contribution in [3.63, 3.8) is 0 Å². The molecule has 1 aliphatic rings. The zero-order valence-electron chi connectivity index (χ0n) is 30.6. The highest BCUT2D eigenvalue weighted by Gasteiger charge is 2.22. The van der Waals surface area contributed by atoms with Gasteiger partial charge < -0.3 is 9.64 Å². The van der Waals surface area contributed by atoms with Crippen LogP contribution in [-0.4, -0.2) is 0 Å².